The standard InChI is InChI=1S/C9H15NO2S/c1-4-7(2)5-12-9(11)8(3)10-6-13/h7-8H,4-5H2,1-3H3/t7-,8-/m0/s1. The molecule has 0 aromatic heterocycles. The van der Waals surface area contributed by atoms with Crippen LogP contribution in [0.3, 0.4) is 0 Å². The minimum absolute atomic E-state index is 0.336. The molecule has 0 radical (unpaired) electrons. The first-order valence-electron chi connectivity index (χ1n) is 4.35. The van der Waals surface area contributed by atoms with E-state index in [1.54, 1.807) is 6.92 Å². The summed E-state index contributed by atoms with van der Waals surface area (Å²) in [5.41, 5.74) is 0. The van der Waals surface area contributed by atoms with E-state index in [4.69, 9.17) is 4.74 Å². The lowest BCUT2D eigenvalue weighted by Crippen LogP contribution is -2.20. The van der Waals surface area contributed by atoms with Crippen molar-refractivity contribution >= 4 is 23.3 Å². The van der Waals surface area contributed by atoms with Gasteiger partial charge in [-0.3, -0.25) is 0 Å². The first-order chi connectivity index (χ1) is 6.11. The Morgan fingerprint density at radius 2 is 2.23 bits per heavy atom. The summed E-state index contributed by atoms with van der Waals surface area (Å²) in [4.78, 5) is 14.8. The lowest BCUT2D eigenvalue weighted by atomic mass is 10.1. The molecule has 0 aliphatic rings. The summed E-state index contributed by atoms with van der Waals surface area (Å²) >= 11 is 4.38. The van der Waals surface area contributed by atoms with Crippen molar-refractivity contribution in [1.29, 1.82) is 0 Å². The number of carbonyl (C=O) groups is 1. The summed E-state index contributed by atoms with van der Waals surface area (Å²) in [5, 5.41) is 2.16. The summed E-state index contributed by atoms with van der Waals surface area (Å²) in [6, 6.07) is -0.526. The molecule has 0 amide bonds. The van der Waals surface area contributed by atoms with Gasteiger partial charge in [-0.25, -0.2) is 9.79 Å². The average molecular weight is 201 g/mol. The first kappa shape index (κ1) is 12.3. The van der Waals surface area contributed by atoms with Crippen molar-refractivity contribution in [1.82, 2.24) is 0 Å². The normalized spacial score (nSPS) is 14.1. The van der Waals surface area contributed by atoms with Crippen LogP contribution >= 0.6 is 12.2 Å². The van der Waals surface area contributed by atoms with Crippen LogP contribution in [0.5, 0.6) is 0 Å². The Morgan fingerprint density at radius 3 is 2.69 bits per heavy atom. The Bertz CT molecular complexity index is 212. The summed E-state index contributed by atoms with van der Waals surface area (Å²) in [6.07, 6.45) is 0.998. The molecular formula is C9H15NO2S. The Morgan fingerprint density at radius 1 is 1.62 bits per heavy atom. The van der Waals surface area contributed by atoms with Gasteiger partial charge in [-0.2, -0.15) is 0 Å². The monoisotopic (exact) mass is 201 g/mol. The molecule has 4 heteroatoms. The summed E-state index contributed by atoms with van der Waals surface area (Å²) in [6.45, 7) is 6.17. The number of rotatable bonds is 5. The third-order valence-corrected chi connectivity index (χ3v) is 1.90. The third-order valence-electron chi connectivity index (χ3n) is 1.79. The predicted octanol–water partition coefficient (Wildman–Crippen LogP) is 2.07. The van der Waals surface area contributed by atoms with Crippen LogP contribution in [0.4, 0.5) is 0 Å². The van der Waals surface area contributed by atoms with Gasteiger partial charge in [-0.15, -0.1) is 0 Å². The zero-order valence-electron chi connectivity index (χ0n) is 8.24. The third kappa shape index (κ3) is 5.50. The molecule has 0 saturated heterocycles. The second-order valence-electron chi connectivity index (χ2n) is 3.04. The number of ether oxygens (including phenoxy) is 1. The molecule has 0 heterocycles. The van der Waals surface area contributed by atoms with Crippen molar-refractivity contribution in [2.24, 2.45) is 10.9 Å². The number of hydrogen-bond donors (Lipinski definition) is 0. The molecular weight excluding hydrogens is 186 g/mol. The van der Waals surface area contributed by atoms with Crippen LogP contribution in [0.15, 0.2) is 4.99 Å². The maximum atomic E-state index is 11.2. The number of hydrogen-bond acceptors (Lipinski definition) is 4. The van der Waals surface area contributed by atoms with E-state index >= 15 is 0 Å². The van der Waals surface area contributed by atoms with Crippen molar-refractivity contribution in [2.75, 3.05) is 6.61 Å². The predicted molar refractivity (Wildman–Crippen MR) is 54.9 cm³/mol. The smallest absolute Gasteiger partial charge is 0.331 e. The van der Waals surface area contributed by atoms with E-state index in [0.717, 1.165) is 6.42 Å². The van der Waals surface area contributed by atoms with Crippen molar-refractivity contribution < 1.29 is 9.53 Å². The van der Waals surface area contributed by atoms with Crippen molar-refractivity contribution in [2.45, 2.75) is 33.2 Å². The fourth-order valence-electron chi connectivity index (χ4n) is 0.595. The molecule has 2 atom stereocenters. The molecule has 0 aromatic rings. The van der Waals surface area contributed by atoms with Crippen LogP contribution in [0.1, 0.15) is 27.2 Å². The minimum Gasteiger partial charge on any atom is -0.464 e. The number of carbonyl (C=O) groups excluding carboxylic acids is 1. The van der Waals surface area contributed by atoms with Gasteiger partial charge in [0.05, 0.1) is 11.8 Å². The molecule has 0 aromatic carbocycles. The van der Waals surface area contributed by atoms with Gasteiger partial charge in [0, 0.05) is 0 Å². The highest BCUT2D eigenvalue weighted by molar-refractivity contribution is 7.78. The second-order valence-corrected chi connectivity index (χ2v) is 3.22. The van der Waals surface area contributed by atoms with Gasteiger partial charge >= 0.3 is 5.97 Å². The fourth-order valence-corrected chi connectivity index (χ4v) is 0.753. The number of thiocarbonyl (C=S) groups is 1. The van der Waals surface area contributed by atoms with Gasteiger partial charge in [0.25, 0.3) is 0 Å². The Balaban J connectivity index is 3.80. The fraction of sp³-hybridized carbons (Fsp3) is 0.778. The molecule has 0 aliphatic heterocycles. The lowest BCUT2D eigenvalue weighted by Gasteiger charge is -2.10. The Kier molecular flexibility index (Phi) is 6.37. The van der Waals surface area contributed by atoms with E-state index in [9.17, 15) is 4.79 Å². The summed E-state index contributed by atoms with van der Waals surface area (Å²) < 4.78 is 4.99. The van der Waals surface area contributed by atoms with Crippen LogP contribution in [-0.2, 0) is 9.53 Å². The molecule has 74 valence electrons. The van der Waals surface area contributed by atoms with Crippen LogP contribution in [0.25, 0.3) is 0 Å². The van der Waals surface area contributed by atoms with Gasteiger partial charge in [0.15, 0.2) is 6.04 Å². The Labute approximate surface area is 84.2 Å². The number of isothiocyanates is 1. The highest BCUT2D eigenvalue weighted by atomic mass is 32.1. The summed E-state index contributed by atoms with van der Waals surface area (Å²) in [5.74, 6) is 0.0604. The second kappa shape index (κ2) is 6.75. The first-order valence-corrected chi connectivity index (χ1v) is 4.76. The lowest BCUT2D eigenvalue weighted by molar-refractivity contribution is -0.145. The molecule has 0 unspecified atom stereocenters. The van der Waals surface area contributed by atoms with Crippen LogP contribution < -0.4 is 0 Å². The number of nitrogens with zero attached hydrogens (tertiary/aromatic N) is 1. The zero-order chi connectivity index (χ0) is 10.3. The molecule has 13 heavy (non-hydrogen) atoms. The molecule has 0 fully saturated rings. The van der Waals surface area contributed by atoms with E-state index in [1.807, 2.05) is 6.92 Å². The van der Waals surface area contributed by atoms with Crippen LogP contribution in [0.2, 0.25) is 0 Å². The van der Waals surface area contributed by atoms with Crippen LogP contribution in [0, 0.1) is 5.92 Å². The van der Waals surface area contributed by atoms with E-state index in [-0.39, 0.29) is 5.97 Å². The SMILES string of the molecule is CC[C@H](C)COC(=O)[C@H](C)N=C=S. The van der Waals surface area contributed by atoms with Crippen molar-refractivity contribution in [3.8, 4) is 0 Å². The maximum absolute atomic E-state index is 11.2. The molecule has 3 nitrogen and oxygen atoms in total. The maximum Gasteiger partial charge on any atom is 0.331 e. The molecule has 0 bridgehead atoms. The zero-order valence-corrected chi connectivity index (χ0v) is 9.06. The van der Waals surface area contributed by atoms with E-state index < -0.39 is 6.04 Å². The van der Waals surface area contributed by atoms with Crippen molar-refractivity contribution in [3.05, 3.63) is 0 Å². The van der Waals surface area contributed by atoms with E-state index in [0.29, 0.717) is 12.5 Å². The highest BCUT2D eigenvalue weighted by Crippen LogP contribution is 2.02. The van der Waals surface area contributed by atoms with Crippen LogP contribution in [-0.4, -0.2) is 23.8 Å². The molecule has 0 spiro atoms. The highest BCUT2D eigenvalue weighted by Gasteiger charge is 2.13. The van der Waals surface area contributed by atoms with E-state index in [2.05, 4.69) is 29.3 Å². The Hall–Kier alpha value is -0.730. The van der Waals surface area contributed by atoms with Gasteiger partial charge in [0.2, 0.25) is 0 Å². The quantitative estimate of drug-likeness (QED) is 0.388. The van der Waals surface area contributed by atoms with Gasteiger partial charge in [0.1, 0.15) is 0 Å². The summed E-state index contributed by atoms with van der Waals surface area (Å²) in [7, 11) is 0. The molecule has 0 N–H and O–H groups in total. The number of aliphatic imine (C=N–C) groups is 1. The largest absolute Gasteiger partial charge is 0.464 e. The average Bonchev–Trinajstić information content (AvgIpc) is 2.13. The van der Waals surface area contributed by atoms with Crippen molar-refractivity contribution in [3.63, 3.8) is 0 Å². The molecule has 0 aliphatic carbocycles. The van der Waals surface area contributed by atoms with Gasteiger partial charge < -0.3 is 4.74 Å². The molecule has 0 saturated carbocycles. The van der Waals surface area contributed by atoms with Gasteiger partial charge in [-0.05, 0) is 25.1 Å². The molecule has 0 rings (SSSR count). The topological polar surface area (TPSA) is 38.7 Å². The van der Waals surface area contributed by atoms with Gasteiger partial charge in [-0.1, -0.05) is 20.3 Å². The minimum atomic E-state index is -0.526. The van der Waals surface area contributed by atoms with E-state index in [1.165, 1.54) is 0 Å². The number of esters is 1.